The number of ether oxygens (including phenoxy) is 1. The van der Waals surface area contributed by atoms with Crippen molar-refractivity contribution >= 4 is 11.8 Å². The van der Waals surface area contributed by atoms with E-state index in [2.05, 4.69) is 30.9 Å². The fourth-order valence-electron chi connectivity index (χ4n) is 4.93. The number of thioether (sulfide) groups is 1. The summed E-state index contributed by atoms with van der Waals surface area (Å²) in [6, 6.07) is 0.769. The van der Waals surface area contributed by atoms with Gasteiger partial charge in [-0.25, -0.2) is 0 Å². The Labute approximate surface area is 128 Å². The van der Waals surface area contributed by atoms with Crippen LogP contribution in [0.4, 0.5) is 0 Å². The van der Waals surface area contributed by atoms with E-state index in [9.17, 15) is 0 Å². The van der Waals surface area contributed by atoms with Gasteiger partial charge in [-0.3, -0.25) is 0 Å². The van der Waals surface area contributed by atoms with Gasteiger partial charge < -0.3 is 10.1 Å². The van der Waals surface area contributed by atoms with Crippen LogP contribution in [0.5, 0.6) is 0 Å². The lowest BCUT2D eigenvalue weighted by atomic mass is 9.73. The van der Waals surface area contributed by atoms with Crippen LogP contribution in [0.1, 0.15) is 52.4 Å². The molecule has 2 aliphatic heterocycles. The van der Waals surface area contributed by atoms with Crippen LogP contribution in [-0.4, -0.2) is 36.3 Å². The van der Waals surface area contributed by atoms with Crippen LogP contribution in [-0.2, 0) is 4.74 Å². The molecule has 20 heavy (non-hydrogen) atoms. The van der Waals surface area contributed by atoms with Crippen LogP contribution in [0.2, 0.25) is 0 Å². The van der Waals surface area contributed by atoms with Crippen LogP contribution >= 0.6 is 11.8 Å². The maximum absolute atomic E-state index is 6.28. The monoisotopic (exact) mass is 297 g/mol. The second-order valence-electron chi connectivity index (χ2n) is 7.16. The molecule has 0 radical (unpaired) electrons. The summed E-state index contributed by atoms with van der Waals surface area (Å²) in [6.07, 6.45) is 8.08. The van der Waals surface area contributed by atoms with Gasteiger partial charge in [0, 0.05) is 12.6 Å². The molecule has 2 saturated heterocycles. The van der Waals surface area contributed by atoms with Gasteiger partial charge >= 0.3 is 0 Å². The molecule has 3 heteroatoms. The van der Waals surface area contributed by atoms with Gasteiger partial charge in [0.1, 0.15) is 0 Å². The Morgan fingerprint density at radius 3 is 2.75 bits per heavy atom. The van der Waals surface area contributed by atoms with Gasteiger partial charge in [-0.2, -0.15) is 11.8 Å². The summed E-state index contributed by atoms with van der Waals surface area (Å²) in [5.41, 5.74) is 0.268. The van der Waals surface area contributed by atoms with Crippen molar-refractivity contribution in [1.82, 2.24) is 5.32 Å². The van der Waals surface area contributed by atoms with E-state index in [0.717, 1.165) is 36.9 Å². The lowest BCUT2D eigenvalue weighted by Gasteiger charge is -2.45. The first-order valence-corrected chi connectivity index (χ1v) is 9.85. The molecule has 0 bridgehead atoms. The summed E-state index contributed by atoms with van der Waals surface area (Å²) in [5, 5.41) is 3.70. The molecule has 4 unspecified atom stereocenters. The molecule has 116 valence electrons. The van der Waals surface area contributed by atoms with E-state index >= 15 is 0 Å². The smallest absolute Gasteiger partial charge is 0.0701 e. The lowest BCUT2D eigenvalue weighted by Crippen LogP contribution is -2.45. The van der Waals surface area contributed by atoms with Crippen molar-refractivity contribution in [3.05, 3.63) is 0 Å². The van der Waals surface area contributed by atoms with Gasteiger partial charge in [-0.15, -0.1) is 0 Å². The Morgan fingerprint density at radius 2 is 2.00 bits per heavy atom. The summed E-state index contributed by atoms with van der Waals surface area (Å²) in [4.78, 5) is 0. The highest BCUT2D eigenvalue weighted by atomic mass is 32.2. The normalized spacial score (nSPS) is 41.1. The standard InChI is InChI=1S/C17H31NOS/c1-3-18-16-5-4-15(13(16)2)14-6-9-19-17(12-14)7-10-20-11-8-17/h13-16,18H,3-12H2,1-2H3. The van der Waals surface area contributed by atoms with Crippen molar-refractivity contribution in [2.75, 3.05) is 24.7 Å². The second-order valence-corrected chi connectivity index (χ2v) is 8.39. The predicted molar refractivity (Wildman–Crippen MR) is 87.3 cm³/mol. The third kappa shape index (κ3) is 3.05. The topological polar surface area (TPSA) is 21.3 Å². The number of rotatable bonds is 3. The van der Waals surface area contributed by atoms with Crippen LogP contribution in [0.3, 0.4) is 0 Å². The van der Waals surface area contributed by atoms with Gasteiger partial charge in [-0.1, -0.05) is 13.8 Å². The molecule has 1 aliphatic carbocycles. The minimum absolute atomic E-state index is 0.268. The fourth-order valence-corrected chi connectivity index (χ4v) is 6.17. The number of hydrogen-bond donors (Lipinski definition) is 1. The summed E-state index contributed by atoms with van der Waals surface area (Å²) >= 11 is 2.11. The molecule has 0 amide bonds. The SMILES string of the molecule is CCNC1CCC(C2CCOC3(CCSCC3)C2)C1C. The maximum atomic E-state index is 6.28. The fraction of sp³-hybridized carbons (Fsp3) is 1.00. The van der Waals surface area contributed by atoms with Crippen LogP contribution < -0.4 is 5.32 Å². The van der Waals surface area contributed by atoms with Crippen molar-refractivity contribution in [3.63, 3.8) is 0 Å². The summed E-state index contributed by atoms with van der Waals surface area (Å²) in [7, 11) is 0. The Morgan fingerprint density at radius 1 is 1.20 bits per heavy atom. The molecule has 3 aliphatic rings. The maximum Gasteiger partial charge on any atom is 0.0701 e. The average molecular weight is 298 g/mol. The molecule has 0 aromatic heterocycles. The van der Waals surface area contributed by atoms with E-state index in [1.165, 1.54) is 50.0 Å². The van der Waals surface area contributed by atoms with Gasteiger partial charge in [0.25, 0.3) is 0 Å². The quantitative estimate of drug-likeness (QED) is 0.858. The van der Waals surface area contributed by atoms with Gasteiger partial charge in [0.2, 0.25) is 0 Å². The second kappa shape index (κ2) is 6.58. The van der Waals surface area contributed by atoms with E-state index in [0.29, 0.717) is 0 Å². The molecule has 3 fully saturated rings. The van der Waals surface area contributed by atoms with Crippen molar-refractivity contribution in [1.29, 1.82) is 0 Å². The average Bonchev–Trinajstić information content (AvgIpc) is 2.82. The first-order chi connectivity index (χ1) is 9.74. The minimum atomic E-state index is 0.268. The Hall–Kier alpha value is 0.270. The Bertz CT molecular complexity index is 311. The summed E-state index contributed by atoms with van der Waals surface area (Å²) < 4.78 is 6.28. The predicted octanol–water partition coefficient (Wildman–Crippen LogP) is 3.70. The first kappa shape index (κ1) is 15.2. The molecule has 4 atom stereocenters. The van der Waals surface area contributed by atoms with Crippen LogP contribution in [0.15, 0.2) is 0 Å². The van der Waals surface area contributed by atoms with E-state index in [-0.39, 0.29) is 5.60 Å². The molecule has 1 saturated carbocycles. The van der Waals surface area contributed by atoms with E-state index in [4.69, 9.17) is 4.74 Å². The highest BCUT2D eigenvalue weighted by Gasteiger charge is 2.44. The molecular formula is C17H31NOS. The molecule has 0 aromatic carbocycles. The number of hydrogen-bond acceptors (Lipinski definition) is 3. The Kier molecular flexibility index (Phi) is 4.99. The minimum Gasteiger partial charge on any atom is -0.375 e. The molecule has 0 aromatic rings. The third-order valence-corrected chi connectivity index (χ3v) is 7.11. The van der Waals surface area contributed by atoms with E-state index in [1.54, 1.807) is 0 Å². The van der Waals surface area contributed by atoms with Crippen molar-refractivity contribution < 1.29 is 4.74 Å². The Balaban J connectivity index is 1.62. The molecule has 1 spiro atoms. The molecule has 1 N–H and O–H groups in total. The first-order valence-electron chi connectivity index (χ1n) is 8.69. The number of nitrogens with one attached hydrogen (secondary N) is 1. The van der Waals surface area contributed by atoms with Crippen molar-refractivity contribution in [2.24, 2.45) is 17.8 Å². The van der Waals surface area contributed by atoms with Gasteiger partial charge in [-0.05, 0) is 74.3 Å². The zero-order valence-electron chi connectivity index (χ0n) is 13.2. The summed E-state index contributed by atoms with van der Waals surface area (Å²) in [5.74, 6) is 5.34. The van der Waals surface area contributed by atoms with Gasteiger partial charge in [0.05, 0.1) is 5.60 Å². The third-order valence-electron chi connectivity index (χ3n) is 6.13. The van der Waals surface area contributed by atoms with Crippen LogP contribution in [0, 0.1) is 17.8 Å². The molecule has 2 heterocycles. The molecular weight excluding hydrogens is 266 g/mol. The van der Waals surface area contributed by atoms with Gasteiger partial charge in [0.15, 0.2) is 0 Å². The molecule has 3 rings (SSSR count). The van der Waals surface area contributed by atoms with E-state index in [1.807, 2.05) is 0 Å². The summed E-state index contributed by atoms with van der Waals surface area (Å²) in [6.45, 7) is 6.87. The van der Waals surface area contributed by atoms with Crippen molar-refractivity contribution in [3.8, 4) is 0 Å². The zero-order chi connectivity index (χ0) is 14.0. The molecule has 2 nitrogen and oxygen atoms in total. The van der Waals surface area contributed by atoms with Crippen molar-refractivity contribution in [2.45, 2.75) is 64.0 Å². The zero-order valence-corrected chi connectivity index (χ0v) is 14.0. The highest BCUT2D eigenvalue weighted by molar-refractivity contribution is 7.99. The largest absolute Gasteiger partial charge is 0.375 e. The highest BCUT2D eigenvalue weighted by Crippen LogP contribution is 2.47. The van der Waals surface area contributed by atoms with E-state index < -0.39 is 0 Å². The van der Waals surface area contributed by atoms with Crippen LogP contribution in [0.25, 0.3) is 0 Å². The lowest BCUT2D eigenvalue weighted by molar-refractivity contribution is -0.113.